The minimum Gasteiger partial charge on any atom is -0.396 e. The van der Waals surface area contributed by atoms with Gasteiger partial charge in [0.2, 0.25) is 0 Å². The summed E-state index contributed by atoms with van der Waals surface area (Å²) in [5.74, 6) is 0. The molecular weight excluding hydrogens is 214 g/mol. The molecule has 1 rings (SSSR count). The molecule has 13 heavy (non-hydrogen) atoms. The van der Waals surface area contributed by atoms with E-state index in [9.17, 15) is 8.42 Å². The Labute approximate surface area is 81.1 Å². The molecule has 0 saturated carbocycles. The normalized spacial score (nSPS) is 11.6. The lowest BCUT2D eigenvalue weighted by molar-refractivity contribution is 0.483. The van der Waals surface area contributed by atoms with Crippen molar-refractivity contribution < 1.29 is 13.0 Å². The number of rotatable bonds is 1. The van der Waals surface area contributed by atoms with Crippen LogP contribution < -0.4 is 5.73 Å². The second-order valence-corrected chi connectivity index (χ2v) is 4.43. The topological polar surface area (TPSA) is 80.4 Å². The summed E-state index contributed by atoms with van der Waals surface area (Å²) in [6, 6.07) is 2.78. The van der Waals surface area contributed by atoms with Gasteiger partial charge in [0.1, 0.15) is 4.90 Å². The number of hydrogen-bond acceptors (Lipinski definition) is 3. The molecule has 0 saturated heterocycles. The first-order valence-electron chi connectivity index (χ1n) is 3.35. The molecule has 1 aromatic carbocycles. The van der Waals surface area contributed by atoms with Crippen molar-refractivity contribution in [3.63, 3.8) is 0 Å². The zero-order valence-electron chi connectivity index (χ0n) is 6.78. The average molecular weight is 222 g/mol. The van der Waals surface area contributed by atoms with Crippen molar-refractivity contribution in [1.29, 1.82) is 0 Å². The maximum absolute atomic E-state index is 10.8. The maximum Gasteiger partial charge on any atom is 0.296 e. The smallest absolute Gasteiger partial charge is 0.296 e. The van der Waals surface area contributed by atoms with E-state index >= 15 is 0 Å². The van der Waals surface area contributed by atoms with E-state index in [0.717, 1.165) is 0 Å². The lowest BCUT2D eigenvalue weighted by atomic mass is 10.2. The van der Waals surface area contributed by atoms with Crippen LogP contribution in [-0.2, 0) is 10.1 Å². The first kappa shape index (κ1) is 10.3. The third kappa shape index (κ3) is 2.12. The number of aryl methyl sites for hydroxylation is 1. The molecule has 0 aliphatic carbocycles. The van der Waals surface area contributed by atoms with E-state index in [2.05, 4.69) is 0 Å². The van der Waals surface area contributed by atoms with Gasteiger partial charge in [0.05, 0.1) is 10.7 Å². The molecule has 0 aromatic heterocycles. The van der Waals surface area contributed by atoms with Gasteiger partial charge < -0.3 is 5.73 Å². The van der Waals surface area contributed by atoms with Crippen LogP contribution >= 0.6 is 11.6 Å². The molecule has 0 aliphatic heterocycles. The summed E-state index contributed by atoms with van der Waals surface area (Å²) >= 11 is 5.62. The van der Waals surface area contributed by atoms with E-state index in [0.29, 0.717) is 5.56 Å². The summed E-state index contributed by atoms with van der Waals surface area (Å²) in [6.45, 7) is 1.65. The van der Waals surface area contributed by atoms with Gasteiger partial charge >= 0.3 is 0 Å². The van der Waals surface area contributed by atoms with Crippen molar-refractivity contribution in [3.05, 3.63) is 22.7 Å². The number of nitrogen functional groups attached to an aromatic ring is 1. The van der Waals surface area contributed by atoms with Gasteiger partial charge in [0.15, 0.2) is 0 Å². The van der Waals surface area contributed by atoms with Crippen LogP contribution in [0.2, 0.25) is 5.02 Å². The van der Waals surface area contributed by atoms with E-state index in [-0.39, 0.29) is 15.6 Å². The van der Waals surface area contributed by atoms with Crippen molar-refractivity contribution in [2.45, 2.75) is 11.8 Å². The number of benzene rings is 1. The fourth-order valence-corrected chi connectivity index (χ4v) is 1.99. The molecular formula is C7H8ClNO3S. The highest BCUT2D eigenvalue weighted by atomic mass is 35.5. The predicted octanol–water partition coefficient (Wildman–Crippen LogP) is 1.48. The molecule has 0 amide bonds. The second kappa shape index (κ2) is 3.17. The van der Waals surface area contributed by atoms with Crippen LogP contribution in [0, 0.1) is 6.92 Å². The van der Waals surface area contributed by atoms with Crippen LogP contribution in [0.25, 0.3) is 0 Å². The highest BCUT2D eigenvalue weighted by Gasteiger charge is 2.16. The number of nitrogens with two attached hydrogens (primary N) is 1. The first-order valence-corrected chi connectivity index (χ1v) is 5.17. The highest BCUT2D eigenvalue weighted by Crippen LogP contribution is 2.27. The fourth-order valence-electron chi connectivity index (χ4n) is 0.935. The predicted molar refractivity (Wildman–Crippen MR) is 50.4 cm³/mol. The Morgan fingerprint density at radius 3 is 2.46 bits per heavy atom. The quantitative estimate of drug-likeness (QED) is 0.556. The average Bonchev–Trinajstić information content (AvgIpc) is 1.94. The second-order valence-electron chi connectivity index (χ2n) is 2.63. The van der Waals surface area contributed by atoms with Crippen molar-refractivity contribution >= 4 is 27.4 Å². The molecule has 0 atom stereocenters. The molecule has 6 heteroatoms. The van der Waals surface area contributed by atoms with Crippen LogP contribution in [0.3, 0.4) is 0 Å². The lowest BCUT2D eigenvalue weighted by Gasteiger charge is -2.05. The summed E-state index contributed by atoms with van der Waals surface area (Å²) < 4.78 is 30.3. The first-order chi connectivity index (χ1) is 5.82. The summed E-state index contributed by atoms with van der Waals surface area (Å²) in [5, 5.41) is 0.118. The van der Waals surface area contributed by atoms with Gasteiger partial charge in [0, 0.05) is 0 Å². The van der Waals surface area contributed by atoms with Gasteiger partial charge in [0.25, 0.3) is 10.1 Å². The van der Waals surface area contributed by atoms with Gasteiger partial charge in [-0.05, 0) is 24.6 Å². The molecule has 1 aromatic rings. The van der Waals surface area contributed by atoms with Crippen LogP contribution in [0.5, 0.6) is 0 Å². The van der Waals surface area contributed by atoms with Crippen LogP contribution in [0.1, 0.15) is 5.56 Å². The van der Waals surface area contributed by atoms with Crippen LogP contribution in [0.15, 0.2) is 17.0 Å². The minimum atomic E-state index is -4.29. The summed E-state index contributed by atoms with van der Waals surface area (Å²) in [6.07, 6.45) is 0. The molecule has 3 N–H and O–H groups in total. The Kier molecular flexibility index (Phi) is 2.51. The molecule has 0 aliphatic rings. The van der Waals surface area contributed by atoms with Gasteiger partial charge in [-0.3, -0.25) is 4.55 Å². The van der Waals surface area contributed by atoms with Crippen molar-refractivity contribution in [2.75, 3.05) is 5.73 Å². The zero-order chi connectivity index (χ0) is 10.2. The van der Waals surface area contributed by atoms with Crippen molar-refractivity contribution in [2.24, 2.45) is 0 Å². The van der Waals surface area contributed by atoms with E-state index in [1.807, 2.05) is 0 Å². The Morgan fingerprint density at radius 1 is 1.46 bits per heavy atom. The molecule has 0 unspecified atom stereocenters. The Bertz CT molecular complexity index is 441. The zero-order valence-corrected chi connectivity index (χ0v) is 8.35. The van der Waals surface area contributed by atoms with Gasteiger partial charge in [-0.25, -0.2) is 0 Å². The van der Waals surface area contributed by atoms with Gasteiger partial charge in [-0.15, -0.1) is 0 Å². The van der Waals surface area contributed by atoms with E-state index < -0.39 is 10.1 Å². The number of anilines is 1. The lowest BCUT2D eigenvalue weighted by Crippen LogP contribution is -2.04. The third-order valence-corrected chi connectivity index (χ3v) is 2.72. The van der Waals surface area contributed by atoms with Gasteiger partial charge in [-0.2, -0.15) is 8.42 Å². The van der Waals surface area contributed by atoms with E-state index in [4.69, 9.17) is 21.9 Å². The molecule has 0 radical (unpaired) electrons. The highest BCUT2D eigenvalue weighted by molar-refractivity contribution is 7.86. The molecule has 72 valence electrons. The molecule has 0 bridgehead atoms. The third-order valence-electron chi connectivity index (χ3n) is 1.51. The van der Waals surface area contributed by atoms with Gasteiger partial charge in [-0.1, -0.05) is 11.6 Å². The summed E-state index contributed by atoms with van der Waals surface area (Å²) in [7, 11) is -4.29. The molecule has 0 spiro atoms. The Balaban J connectivity index is 3.56. The molecule has 0 fully saturated rings. The number of halogens is 1. The standard InChI is InChI=1S/C7H8ClNO3S/c1-4-2-5(8)7(9)6(3-4)13(10,11)12/h2-3H,9H2,1H3,(H,10,11,12). The molecule has 4 nitrogen and oxygen atoms in total. The van der Waals surface area contributed by atoms with Crippen molar-refractivity contribution in [1.82, 2.24) is 0 Å². The van der Waals surface area contributed by atoms with Crippen LogP contribution in [0.4, 0.5) is 5.69 Å². The van der Waals surface area contributed by atoms with E-state index in [1.165, 1.54) is 12.1 Å². The minimum absolute atomic E-state index is 0.118. The van der Waals surface area contributed by atoms with E-state index in [1.54, 1.807) is 6.92 Å². The summed E-state index contributed by atoms with van der Waals surface area (Å²) in [4.78, 5) is -0.350. The number of hydrogen-bond donors (Lipinski definition) is 2. The maximum atomic E-state index is 10.8. The summed E-state index contributed by atoms with van der Waals surface area (Å²) in [5.41, 5.74) is 5.85. The largest absolute Gasteiger partial charge is 0.396 e. The Morgan fingerprint density at radius 2 is 2.00 bits per heavy atom. The SMILES string of the molecule is Cc1cc(Cl)c(N)c(S(=O)(=O)O)c1. The van der Waals surface area contributed by atoms with Crippen molar-refractivity contribution in [3.8, 4) is 0 Å². The Hall–Kier alpha value is -0.780. The molecule has 0 heterocycles. The van der Waals surface area contributed by atoms with Crippen LogP contribution in [-0.4, -0.2) is 13.0 Å². The fraction of sp³-hybridized carbons (Fsp3) is 0.143. The monoisotopic (exact) mass is 221 g/mol.